The standard InChI is InChI=1S/C34H34F6N4O5.C26H28F6N4O3/c1-23(25-15-27(33(35,36)37)17-28(16-25)34(38,39)40)49-21-32(26-11-7-4-8-12-26)14-13-31(20-47-2,44-22-41-42-29(44)45)19-43(32)30(46)48-18-24-9-5-3-6-10-24;1-17(18-10-20(25(27,28)29)12-21(11-18)26(30,31)32)39-15-24(19-6-4-3-5-7-19)9-8-23(13-33-24,14-38-2)36-16-34-35-22(36)37/h3-12,15-17,22-23H,13-14,18-21H2,1-2H3,(H,42,45);3-7,10-12,16-17,33H,8-9,13-15H2,1-2H3,(H,35,37)/t23-,31+,32-;17-,23+,24-/m11/s1. The topological polar surface area (TPSA) is 180 Å². The summed E-state index contributed by atoms with van der Waals surface area (Å²) in [6, 6.07) is 29.5. The molecule has 28 heteroatoms. The number of hydrogen-bond donors (Lipinski definition) is 3. The van der Waals surface area contributed by atoms with Crippen LogP contribution in [0.4, 0.5) is 57.5 Å². The number of hydrogen-bond acceptors (Lipinski definition) is 11. The maximum atomic E-state index is 14.2. The predicted octanol–water partition coefficient (Wildman–Crippen LogP) is 12.1. The van der Waals surface area contributed by atoms with E-state index in [1.807, 2.05) is 30.3 Å². The van der Waals surface area contributed by atoms with Gasteiger partial charge in [0.25, 0.3) is 0 Å². The summed E-state index contributed by atoms with van der Waals surface area (Å²) in [4.78, 5) is 40.8. The van der Waals surface area contributed by atoms with Gasteiger partial charge in [0, 0.05) is 20.8 Å². The van der Waals surface area contributed by atoms with Gasteiger partial charge in [-0.05, 0) is 104 Å². The quantitative estimate of drug-likeness (QED) is 0.0696. The van der Waals surface area contributed by atoms with Crippen LogP contribution < -0.4 is 16.7 Å². The number of carbonyl (C=O) groups excluding carboxylic acids is 1. The van der Waals surface area contributed by atoms with Crippen LogP contribution in [0.3, 0.4) is 0 Å². The number of H-pyrrole nitrogens is 2. The molecule has 4 heterocycles. The predicted molar refractivity (Wildman–Crippen MR) is 293 cm³/mol. The number of alkyl halides is 12. The lowest BCUT2D eigenvalue weighted by Crippen LogP contribution is -2.64. The Kier molecular flexibility index (Phi) is 19.9. The lowest BCUT2D eigenvalue weighted by molar-refractivity contribution is -0.145. The molecule has 474 valence electrons. The first-order valence-electron chi connectivity index (χ1n) is 27.4. The van der Waals surface area contributed by atoms with Crippen LogP contribution in [-0.4, -0.2) is 94.3 Å². The molecule has 0 aliphatic carbocycles. The number of amides is 1. The van der Waals surface area contributed by atoms with Crippen molar-refractivity contribution in [2.45, 2.75) is 105 Å². The van der Waals surface area contributed by atoms with Gasteiger partial charge in [-0.15, -0.1) is 0 Å². The normalized spacial score (nSPS) is 21.7. The minimum absolute atomic E-state index is 0.0124. The van der Waals surface area contributed by atoms with E-state index >= 15 is 0 Å². The summed E-state index contributed by atoms with van der Waals surface area (Å²) in [6.07, 6.45) is -19.2. The lowest BCUT2D eigenvalue weighted by atomic mass is 9.74. The summed E-state index contributed by atoms with van der Waals surface area (Å²) >= 11 is 0. The molecule has 5 aromatic carbocycles. The first-order chi connectivity index (χ1) is 41.5. The highest BCUT2D eigenvalue weighted by Crippen LogP contribution is 2.47. The van der Waals surface area contributed by atoms with Crippen molar-refractivity contribution in [2.24, 2.45) is 0 Å². The maximum absolute atomic E-state index is 14.2. The maximum Gasteiger partial charge on any atom is 0.416 e. The van der Waals surface area contributed by atoms with Crippen molar-refractivity contribution in [2.75, 3.05) is 53.7 Å². The Hall–Kier alpha value is -7.79. The molecule has 0 bridgehead atoms. The number of rotatable bonds is 18. The van der Waals surface area contributed by atoms with Gasteiger partial charge in [0.1, 0.15) is 19.3 Å². The lowest BCUT2D eigenvalue weighted by Gasteiger charge is -2.53. The average molecular weight is 1250 g/mol. The third-order valence-electron chi connectivity index (χ3n) is 16.1. The van der Waals surface area contributed by atoms with E-state index in [0.717, 1.165) is 5.56 Å². The molecular formula is C60H62F12N8O8. The molecule has 0 unspecified atom stereocenters. The molecule has 88 heavy (non-hydrogen) atoms. The number of nitrogens with one attached hydrogen (secondary N) is 3. The number of halogens is 12. The Bertz CT molecular complexity index is 3490. The van der Waals surface area contributed by atoms with E-state index in [1.54, 1.807) is 60.7 Å². The van der Waals surface area contributed by atoms with Crippen LogP contribution in [-0.2, 0) is 77.2 Å². The number of aromatic amines is 2. The number of methoxy groups -OCH3 is 2. The zero-order valence-corrected chi connectivity index (χ0v) is 47.7. The first-order valence-corrected chi connectivity index (χ1v) is 27.4. The van der Waals surface area contributed by atoms with Crippen LogP contribution in [0.25, 0.3) is 0 Å². The summed E-state index contributed by atoms with van der Waals surface area (Å²) in [6.45, 7) is 2.54. The Balaban J connectivity index is 0.000000234. The number of aromatic nitrogens is 6. The molecule has 2 fully saturated rings. The van der Waals surface area contributed by atoms with E-state index in [4.69, 9.17) is 23.7 Å². The van der Waals surface area contributed by atoms with Gasteiger partial charge in [0.2, 0.25) is 0 Å². The summed E-state index contributed by atoms with van der Waals surface area (Å²) in [5, 5.41) is 15.9. The number of ether oxygens (including phenoxy) is 5. The molecule has 2 aliphatic rings. The fourth-order valence-corrected chi connectivity index (χ4v) is 11.2. The second-order valence-electron chi connectivity index (χ2n) is 21.8. The average Bonchev–Trinajstić information content (AvgIpc) is 1.32. The SMILES string of the molecule is COC[C@]1(n2cn[nH]c2=O)CC[C@@](CO[C@H](C)c2cc(C(F)(F)F)cc(C(F)(F)F)c2)(c2ccccc2)N(C(=O)OCc2ccccc2)C1.COC[C@]1(n2cn[nH]c2=O)CC[C@@](CO[C@H](C)c2cc(C(F)(F)F)cc(C(F)(F)F)c2)(c2ccccc2)NC1. The molecule has 6 atom stereocenters. The van der Waals surface area contributed by atoms with Crippen LogP contribution in [0.1, 0.15) is 102 Å². The molecule has 3 N–H and O–H groups in total. The largest absolute Gasteiger partial charge is 0.445 e. The number of piperidine rings is 2. The van der Waals surface area contributed by atoms with Crippen molar-refractivity contribution < 1.29 is 81.2 Å². The molecule has 2 aliphatic heterocycles. The number of nitrogens with zero attached hydrogens (tertiary/aromatic N) is 5. The fourth-order valence-electron chi connectivity index (χ4n) is 11.2. The van der Waals surface area contributed by atoms with Crippen molar-refractivity contribution in [3.63, 3.8) is 0 Å². The van der Waals surface area contributed by atoms with E-state index in [2.05, 4.69) is 25.7 Å². The third kappa shape index (κ3) is 14.8. The van der Waals surface area contributed by atoms with Crippen molar-refractivity contribution >= 4 is 6.09 Å². The van der Waals surface area contributed by atoms with Crippen molar-refractivity contribution in [3.05, 3.63) is 211 Å². The summed E-state index contributed by atoms with van der Waals surface area (Å²) in [7, 11) is 2.96. The third-order valence-corrected chi connectivity index (χ3v) is 16.1. The van der Waals surface area contributed by atoms with Crippen LogP contribution in [0, 0.1) is 0 Å². The van der Waals surface area contributed by atoms with Crippen LogP contribution in [0.5, 0.6) is 0 Å². The molecular weight excluding hydrogens is 1190 g/mol. The fraction of sp³-hybridized carbons (Fsp3) is 0.417. The summed E-state index contributed by atoms with van der Waals surface area (Å²) in [5.74, 6) is 0. The van der Waals surface area contributed by atoms with Gasteiger partial charge >= 0.3 is 42.2 Å². The Morgan fingerprint density at radius 2 is 0.966 bits per heavy atom. The van der Waals surface area contributed by atoms with E-state index in [9.17, 15) is 67.1 Å². The monoisotopic (exact) mass is 1250 g/mol. The molecule has 0 spiro atoms. The van der Waals surface area contributed by atoms with Gasteiger partial charge in [0.15, 0.2) is 0 Å². The number of carbonyl (C=O) groups is 1. The molecule has 0 radical (unpaired) electrons. The number of benzene rings is 5. The zero-order valence-electron chi connectivity index (χ0n) is 47.7. The zero-order chi connectivity index (χ0) is 63.9. The van der Waals surface area contributed by atoms with Gasteiger partial charge in [-0.25, -0.2) is 24.6 Å². The highest BCUT2D eigenvalue weighted by atomic mass is 19.4. The Morgan fingerprint density at radius 3 is 1.39 bits per heavy atom. The molecule has 1 amide bonds. The van der Waals surface area contributed by atoms with Crippen LogP contribution >= 0.6 is 0 Å². The van der Waals surface area contributed by atoms with Gasteiger partial charge in [-0.2, -0.15) is 62.9 Å². The van der Waals surface area contributed by atoms with Crippen LogP contribution in [0.2, 0.25) is 0 Å². The molecule has 9 rings (SSSR count). The van der Waals surface area contributed by atoms with Gasteiger partial charge in [-0.3, -0.25) is 14.0 Å². The molecule has 2 aromatic heterocycles. The highest BCUT2D eigenvalue weighted by Gasteiger charge is 2.54. The van der Waals surface area contributed by atoms with Crippen molar-refractivity contribution in [1.82, 2.24) is 39.7 Å². The summed E-state index contributed by atoms with van der Waals surface area (Å²) in [5.41, 5.74) is -9.26. The van der Waals surface area contributed by atoms with Crippen molar-refractivity contribution in [1.29, 1.82) is 0 Å². The molecule has 7 aromatic rings. The second kappa shape index (κ2) is 26.5. The van der Waals surface area contributed by atoms with E-state index < -0.39 is 98.8 Å². The minimum atomic E-state index is -5.04. The smallest absolute Gasteiger partial charge is 0.416 e. The van der Waals surface area contributed by atoms with Gasteiger partial charge in [0.05, 0.1) is 89.6 Å². The highest BCUT2D eigenvalue weighted by molar-refractivity contribution is 5.70. The van der Waals surface area contributed by atoms with Gasteiger partial charge < -0.3 is 29.0 Å². The van der Waals surface area contributed by atoms with E-state index in [1.165, 1.54) is 54.8 Å². The first kappa shape index (κ1) is 66.2. The minimum Gasteiger partial charge on any atom is -0.445 e. The molecule has 0 saturated carbocycles. The van der Waals surface area contributed by atoms with E-state index in [-0.39, 0.29) is 82.2 Å². The van der Waals surface area contributed by atoms with E-state index in [0.29, 0.717) is 48.2 Å². The van der Waals surface area contributed by atoms with Gasteiger partial charge in [-0.1, -0.05) is 91.0 Å². The number of likely N-dealkylation sites (tertiary alicyclic amines) is 1. The van der Waals surface area contributed by atoms with Crippen LogP contribution in [0.15, 0.2) is 150 Å². The van der Waals surface area contributed by atoms with Crippen molar-refractivity contribution in [3.8, 4) is 0 Å². The second-order valence-corrected chi connectivity index (χ2v) is 21.8. The Labute approximate surface area is 495 Å². The molecule has 2 saturated heterocycles. The molecule has 16 nitrogen and oxygen atoms in total. The Morgan fingerprint density at radius 1 is 0.545 bits per heavy atom. The summed E-state index contributed by atoms with van der Waals surface area (Å²) < 4.78 is 194.